The Morgan fingerprint density at radius 1 is 1.35 bits per heavy atom. The lowest BCUT2D eigenvalue weighted by Crippen LogP contribution is -2.46. The second-order valence-corrected chi connectivity index (χ2v) is 5.86. The molecule has 1 amide bonds. The number of aromatic nitrogens is 2. The minimum absolute atomic E-state index is 0.218. The van der Waals surface area contributed by atoms with Crippen LogP contribution >= 0.6 is 0 Å². The maximum atomic E-state index is 12.2. The van der Waals surface area contributed by atoms with Crippen LogP contribution in [-0.2, 0) is 4.79 Å². The van der Waals surface area contributed by atoms with Crippen molar-refractivity contribution in [2.75, 3.05) is 25.0 Å². The number of nitrogens with zero attached hydrogens (tertiary/aromatic N) is 4. The van der Waals surface area contributed by atoms with Crippen molar-refractivity contribution < 1.29 is 18.0 Å². The Labute approximate surface area is 133 Å². The summed E-state index contributed by atoms with van der Waals surface area (Å²) in [5.41, 5.74) is 0.876. The second-order valence-electron chi connectivity index (χ2n) is 5.86. The lowest BCUT2D eigenvalue weighted by atomic mass is 10.0. The highest BCUT2D eigenvalue weighted by Crippen LogP contribution is 2.24. The molecule has 128 valence electrons. The maximum Gasteiger partial charge on any atom is 0.389 e. The van der Waals surface area contributed by atoms with E-state index in [1.165, 1.54) is 11.2 Å². The molecular weight excluding hydrogens is 309 g/mol. The fraction of sp³-hybridized carbons (Fsp3) is 0.667. The zero-order valence-electron chi connectivity index (χ0n) is 13.3. The Kier molecular flexibility index (Phi) is 5.43. The van der Waals surface area contributed by atoms with Gasteiger partial charge in [0.05, 0.1) is 6.42 Å². The first kappa shape index (κ1) is 17.5. The molecule has 2 heterocycles. The normalized spacial score (nSPS) is 16.5. The van der Waals surface area contributed by atoms with E-state index in [1.807, 2.05) is 24.9 Å². The number of likely N-dealkylation sites (tertiary alicyclic amines) is 1. The zero-order chi connectivity index (χ0) is 17.0. The lowest BCUT2D eigenvalue weighted by molar-refractivity contribution is -0.149. The van der Waals surface area contributed by atoms with Gasteiger partial charge in [0.15, 0.2) is 0 Å². The number of carbonyl (C=O) groups is 1. The quantitative estimate of drug-likeness (QED) is 0.851. The van der Waals surface area contributed by atoms with Gasteiger partial charge in [0.25, 0.3) is 0 Å². The topological polar surface area (TPSA) is 49.3 Å². The number of piperidine rings is 1. The summed E-state index contributed by atoms with van der Waals surface area (Å²) >= 11 is 0. The molecule has 0 aromatic carbocycles. The average Bonchev–Trinajstić information content (AvgIpc) is 2.51. The average molecular weight is 330 g/mol. The van der Waals surface area contributed by atoms with Gasteiger partial charge in [-0.05, 0) is 19.8 Å². The number of carbonyl (C=O) groups excluding carboxylic acids is 1. The van der Waals surface area contributed by atoms with E-state index in [2.05, 4.69) is 9.97 Å². The summed E-state index contributed by atoms with van der Waals surface area (Å²) in [6.45, 7) is 2.85. The third kappa shape index (κ3) is 5.07. The first-order chi connectivity index (χ1) is 10.8. The standard InChI is InChI=1S/C15H21F3N4O/c1-11-9-13(20-10-19-11)21(2)12-4-7-22(8-5-12)14(23)3-6-15(16,17)18/h9-10,12H,3-8H2,1-2H3. The number of amides is 1. The number of aryl methyl sites for hydroxylation is 1. The number of hydrogen-bond donors (Lipinski definition) is 0. The molecule has 23 heavy (non-hydrogen) atoms. The zero-order valence-corrected chi connectivity index (χ0v) is 13.3. The molecule has 1 aromatic rings. The number of halogens is 3. The summed E-state index contributed by atoms with van der Waals surface area (Å²) in [6.07, 6.45) is -2.84. The Morgan fingerprint density at radius 2 is 2.00 bits per heavy atom. The summed E-state index contributed by atoms with van der Waals surface area (Å²) in [4.78, 5) is 23.7. The minimum Gasteiger partial charge on any atom is -0.356 e. The number of alkyl halides is 3. The molecule has 0 bridgehead atoms. The number of hydrogen-bond acceptors (Lipinski definition) is 4. The van der Waals surface area contributed by atoms with Crippen molar-refractivity contribution >= 4 is 11.7 Å². The van der Waals surface area contributed by atoms with Gasteiger partial charge in [-0.2, -0.15) is 13.2 Å². The fourth-order valence-corrected chi connectivity index (χ4v) is 2.73. The molecule has 5 nitrogen and oxygen atoms in total. The first-order valence-corrected chi connectivity index (χ1v) is 7.62. The van der Waals surface area contributed by atoms with Crippen LogP contribution in [0.4, 0.5) is 19.0 Å². The van der Waals surface area contributed by atoms with Crippen LogP contribution in [0.25, 0.3) is 0 Å². The molecule has 1 aliphatic rings. The molecule has 1 saturated heterocycles. The monoisotopic (exact) mass is 330 g/mol. The molecule has 0 radical (unpaired) electrons. The van der Waals surface area contributed by atoms with Crippen molar-refractivity contribution in [1.29, 1.82) is 0 Å². The van der Waals surface area contributed by atoms with Gasteiger partial charge in [0.1, 0.15) is 12.1 Å². The van der Waals surface area contributed by atoms with E-state index in [0.717, 1.165) is 24.4 Å². The van der Waals surface area contributed by atoms with Gasteiger partial charge in [-0.3, -0.25) is 4.79 Å². The van der Waals surface area contributed by atoms with Gasteiger partial charge in [0.2, 0.25) is 5.91 Å². The molecule has 8 heteroatoms. The molecule has 1 aromatic heterocycles. The largest absolute Gasteiger partial charge is 0.389 e. The molecule has 1 aliphatic heterocycles. The molecule has 0 saturated carbocycles. The third-order valence-corrected chi connectivity index (χ3v) is 4.14. The van der Waals surface area contributed by atoms with Gasteiger partial charge in [-0.1, -0.05) is 0 Å². The van der Waals surface area contributed by atoms with Crippen LogP contribution in [0.2, 0.25) is 0 Å². The van der Waals surface area contributed by atoms with Crippen molar-refractivity contribution in [3.05, 3.63) is 18.1 Å². The van der Waals surface area contributed by atoms with Gasteiger partial charge < -0.3 is 9.80 Å². The summed E-state index contributed by atoms with van der Waals surface area (Å²) in [5, 5.41) is 0. The Hall–Kier alpha value is -1.86. The molecule has 1 fully saturated rings. The summed E-state index contributed by atoms with van der Waals surface area (Å²) in [5.74, 6) is 0.403. The second kappa shape index (κ2) is 7.14. The van der Waals surface area contributed by atoms with Crippen LogP contribution in [0.15, 0.2) is 12.4 Å². The third-order valence-electron chi connectivity index (χ3n) is 4.14. The molecule has 0 unspecified atom stereocenters. The van der Waals surface area contributed by atoms with Crippen LogP contribution in [-0.4, -0.2) is 53.1 Å². The SMILES string of the molecule is Cc1cc(N(C)C2CCN(C(=O)CCC(F)(F)F)CC2)ncn1. The molecule has 0 N–H and O–H groups in total. The highest BCUT2D eigenvalue weighted by molar-refractivity contribution is 5.76. The van der Waals surface area contributed by atoms with Gasteiger partial charge in [-0.25, -0.2) is 9.97 Å². The van der Waals surface area contributed by atoms with E-state index in [0.29, 0.717) is 13.1 Å². The molecular formula is C15H21F3N4O. The summed E-state index contributed by atoms with van der Waals surface area (Å²) in [6, 6.07) is 2.11. The fourth-order valence-electron chi connectivity index (χ4n) is 2.73. The van der Waals surface area contributed by atoms with Crippen LogP contribution in [0.1, 0.15) is 31.4 Å². The van der Waals surface area contributed by atoms with Gasteiger partial charge >= 0.3 is 6.18 Å². The van der Waals surface area contributed by atoms with Crippen molar-refractivity contribution in [2.45, 2.75) is 44.8 Å². The van der Waals surface area contributed by atoms with E-state index in [4.69, 9.17) is 0 Å². The van der Waals surface area contributed by atoms with Crippen molar-refractivity contribution in [3.8, 4) is 0 Å². The van der Waals surface area contributed by atoms with E-state index >= 15 is 0 Å². The van der Waals surface area contributed by atoms with Gasteiger partial charge in [-0.15, -0.1) is 0 Å². The number of anilines is 1. The maximum absolute atomic E-state index is 12.2. The van der Waals surface area contributed by atoms with Crippen molar-refractivity contribution in [1.82, 2.24) is 14.9 Å². The molecule has 0 aliphatic carbocycles. The van der Waals surface area contributed by atoms with E-state index in [-0.39, 0.29) is 6.04 Å². The van der Waals surface area contributed by atoms with E-state index < -0.39 is 24.9 Å². The Balaban J connectivity index is 1.85. The van der Waals surface area contributed by atoms with Crippen molar-refractivity contribution in [2.24, 2.45) is 0 Å². The van der Waals surface area contributed by atoms with E-state index in [1.54, 1.807) is 0 Å². The minimum atomic E-state index is -4.28. The smallest absolute Gasteiger partial charge is 0.356 e. The van der Waals surface area contributed by atoms with E-state index in [9.17, 15) is 18.0 Å². The molecule has 0 atom stereocenters. The summed E-state index contributed by atoms with van der Waals surface area (Å²) in [7, 11) is 1.94. The summed E-state index contributed by atoms with van der Waals surface area (Å²) < 4.78 is 36.5. The number of rotatable bonds is 4. The molecule has 0 spiro atoms. The lowest BCUT2D eigenvalue weighted by Gasteiger charge is -2.37. The first-order valence-electron chi connectivity index (χ1n) is 7.62. The van der Waals surface area contributed by atoms with Gasteiger partial charge in [0, 0.05) is 44.4 Å². The molecule has 2 rings (SSSR count). The Morgan fingerprint density at radius 3 is 2.57 bits per heavy atom. The predicted octanol–water partition coefficient (Wildman–Crippen LogP) is 2.55. The highest BCUT2D eigenvalue weighted by atomic mass is 19.4. The van der Waals surface area contributed by atoms with Crippen LogP contribution in [0.5, 0.6) is 0 Å². The van der Waals surface area contributed by atoms with Crippen LogP contribution in [0.3, 0.4) is 0 Å². The van der Waals surface area contributed by atoms with Crippen molar-refractivity contribution in [3.63, 3.8) is 0 Å². The van der Waals surface area contributed by atoms with Crippen LogP contribution < -0.4 is 4.90 Å². The Bertz CT molecular complexity index is 542. The van der Waals surface area contributed by atoms with Crippen LogP contribution in [0, 0.1) is 6.92 Å². The highest BCUT2D eigenvalue weighted by Gasteiger charge is 2.31. The predicted molar refractivity (Wildman–Crippen MR) is 80.1 cm³/mol.